The number of hydrogen-bond acceptors (Lipinski definition) is 0. The second kappa shape index (κ2) is 3.92. The van der Waals surface area contributed by atoms with Crippen molar-refractivity contribution in [3.8, 4) is 0 Å². The van der Waals surface area contributed by atoms with Crippen molar-refractivity contribution in [1.82, 2.24) is 0 Å². The lowest BCUT2D eigenvalue weighted by Gasteiger charge is -2.01. The highest BCUT2D eigenvalue weighted by molar-refractivity contribution is 6.30. The molecule has 0 saturated carbocycles. The number of rotatable bonds is 2. The molecule has 0 spiro atoms. The van der Waals surface area contributed by atoms with Crippen molar-refractivity contribution in [3.05, 3.63) is 41.2 Å². The van der Waals surface area contributed by atoms with Gasteiger partial charge in [0.25, 0.3) is 0 Å². The second-order valence-electron chi connectivity index (χ2n) is 2.37. The minimum atomic E-state index is -0.444. The Morgan fingerprint density at radius 3 is 2.67 bits per heavy atom. The van der Waals surface area contributed by atoms with E-state index in [1.807, 2.05) is 0 Å². The Kier molecular flexibility index (Phi) is 3.12. The van der Waals surface area contributed by atoms with Crippen molar-refractivity contribution in [3.63, 3.8) is 0 Å². The zero-order valence-electron chi connectivity index (χ0n) is 6.28. The van der Waals surface area contributed by atoms with Crippen molar-refractivity contribution < 1.29 is 4.39 Å². The van der Waals surface area contributed by atoms with Crippen LogP contribution in [0.1, 0.15) is 5.56 Å². The van der Waals surface area contributed by atoms with Gasteiger partial charge in [-0.1, -0.05) is 24.2 Å². The van der Waals surface area contributed by atoms with Gasteiger partial charge >= 0.3 is 0 Å². The van der Waals surface area contributed by atoms with Crippen molar-refractivity contribution in [2.24, 2.45) is 0 Å². The summed E-state index contributed by atoms with van der Waals surface area (Å²) in [5, 5.41) is 0.112. The summed E-state index contributed by atoms with van der Waals surface area (Å²) in [4.78, 5) is 0. The summed E-state index contributed by atoms with van der Waals surface area (Å²) in [6, 6.07) is 4.51. The fourth-order valence-electron chi connectivity index (χ4n) is 0.793. The average molecular weight is 205 g/mol. The van der Waals surface area contributed by atoms with Gasteiger partial charge in [-0.3, -0.25) is 0 Å². The van der Waals surface area contributed by atoms with Crippen LogP contribution in [0.25, 0.3) is 5.57 Å². The first-order chi connectivity index (χ1) is 5.65. The molecule has 1 aromatic rings. The molecule has 0 aliphatic heterocycles. The lowest BCUT2D eigenvalue weighted by Crippen LogP contribution is -1.86. The molecule has 64 valence electrons. The van der Waals surface area contributed by atoms with E-state index in [1.165, 1.54) is 12.1 Å². The van der Waals surface area contributed by atoms with Crippen LogP contribution in [0.5, 0.6) is 0 Å². The van der Waals surface area contributed by atoms with Crippen LogP contribution < -0.4 is 0 Å². The molecule has 0 bridgehead atoms. The van der Waals surface area contributed by atoms with E-state index in [0.29, 0.717) is 17.0 Å². The molecule has 3 heteroatoms. The summed E-state index contributed by atoms with van der Waals surface area (Å²) in [7, 11) is 0. The Labute approximate surface area is 80.6 Å². The summed E-state index contributed by atoms with van der Waals surface area (Å²) in [5.74, 6) is -0.151. The molecule has 0 atom stereocenters. The van der Waals surface area contributed by atoms with E-state index >= 15 is 0 Å². The molecule has 0 aliphatic carbocycles. The van der Waals surface area contributed by atoms with E-state index in [0.717, 1.165) is 0 Å². The fraction of sp³-hybridized carbons (Fsp3) is 0.111. The molecule has 0 saturated heterocycles. The third kappa shape index (κ3) is 1.99. The summed E-state index contributed by atoms with van der Waals surface area (Å²) in [5.41, 5.74) is 1.37. The van der Waals surface area contributed by atoms with Crippen molar-refractivity contribution >= 4 is 28.8 Å². The van der Waals surface area contributed by atoms with E-state index in [4.69, 9.17) is 23.2 Å². The highest BCUT2D eigenvalue weighted by Gasteiger charge is 2.02. The van der Waals surface area contributed by atoms with Crippen LogP contribution in [0.3, 0.4) is 0 Å². The topological polar surface area (TPSA) is 0 Å². The molecule has 0 nitrogen and oxygen atoms in total. The lowest BCUT2D eigenvalue weighted by molar-refractivity contribution is 0.628. The Morgan fingerprint density at radius 2 is 2.17 bits per heavy atom. The highest BCUT2D eigenvalue weighted by atomic mass is 35.5. The molecule has 1 rings (SSSR count). The largest absolute Gasteiger partial charge is 0.205 e. The lowest BCUT2D eigenvalue weighted by atomic mass is 10.1. The molecular formula is C9H7Cl2F. The van der Waals surface area contributed by atoms with E-state index in [-0.39, 0.29) is 5.02 Å². The Morgan fingerprint density at radius 1 is 1.50 bits per heavy atom. The SMILES string of the molecule is C=C(CCl)c1ccc(Cl)c(F)c1. The maximum Gasteiger partial charge on any atom is 0.142 e. The molecule has 0 aromatic heterocycles. The number of alkyl halides is 1. The van der Waals surface area contributed by atoms with E-state index in [9.17, 15) is 4.39 Å². The molecule has 0 amide bonds. The molecule has 1 aromatic carbocycles. The van der Waals surface area contributed by atoms with Crippen molar-refractivity contribution in [2.45, 2.75) is 0 Å². The number of allylic oxidation sites excluding steroid dienone is 1. The Hall–Kier alpha value is -0.530. The van der Waals surface area contributed by atoms with E-state index < -0.39 is 5.82 Å². The predicted octanol–water partition coefficient (Wildman–Crippen LogP) is 3.73. The zero-order valence-corrected chi connectivity index (χ0v) is 7.79. The smallest absolute Gasteiger partial charge is 0.142 e. The molecule has 0 N–H and O–H groups in total. The predicted molar refractivity (Wildman–Crippen MR) is 51.2 cm³/mol. The van der Waals surface area contributed by atoms with Crippen LogP contribution in [0.4, 0.5) is 4.39 Å². The van der Waals surface area contributed by atoms with Gasteiger partial charge in [-0.15, -0.1) is 11.6 Å². The quantitative estimate of drug-likeness (QED) is 0.645. The first kappa shape index (κ1) is 9.56. The van der Waals surface area contributed by atoms with Crippen LogP contribution in [-0.4, -0.2) is 5.88 Å². The number of hydrogen-bond donors (Lipinski definition) is 0. The van der Waals surface area contributed by atoms with Crippen molar-refractivity contribution in [2.75, 3.05) is 5.88 Å². The average Bonchev–Trinajstić information content (AvgIpc) is 2.08. The Balaban J connectivity index is 3.05. The first-order valence-corrected chi connectivity index (χ1v) is 4.25. The highest BCUT2D eigenvalue weighted by Crippen LogP contribution is 2.20. The maximum absolute atomic E-state index is 12.9. The minimum absolute atomic E-state index is 0.112. The number of halogens is 3. The third-order valence-electron chi connectivity index (χ3n) is 1.49. The molecule has 0 radical (unpaired) electrons. The van der Waals surface area contributed by atoms with Crippen molar-refractivity contribution in [1.29, 1.82) is 0 Å². The van der Waals surface area contributed by atoms with Gasteiger partial charge in [-0.25, -0.2) is 4.39 Å². The van der Waals surface area contributed by atoms with Crippen LogP contribution >= 0.6 is 23.2 Å². The Bertz CT molecular complexity index is 307. The van der Waals surface area contributed by atoms with Crippen LogP contribution in [-0.2, 0) is 0 Å². The summed E-state index contributed by atoms with van der Waals surface area (Å²) in [6.07, 6.45) is 0. The van der Waals surface area contributed by atoms with E-state index in [1.54, 1.807) is 6.07 Å². The second-order valence-corrected chi connectivity index (χ2v) is 3.04. The standard InChI is InChI=1S/C9H7Cl2F/c1-6(5-10)7-2-3-8(11)9(12)4-7/h2-4H,1,5H2. The van der Waals surface area contributed by atoms with Crippen LogP contribution in [0.2, 0.25) is 5.02 Å². The summed E-state index contributed by atoms with van der Waals surface area (Å²) < 4.78 is 12.9. The van der Waals surface area contributed by atoms with Gasteiger partial charge in [0.2, 0.25) is 0 Å². The molecule has 0 aliphatic rings. The molecular weight excluding hydrogens is 198 g/mol. The third-order valence-corrected chi connectivity index (χ3v) is 2.12. The molecule has 0 heterocycles. The molecule has 0 fully saturated rings. The normalized spacial score (nSPS) is 9.92. The fourth-order valence-corrected chi connectivity index (χ4v) is 1.07. The van der Waals surface area contributed by atoms with E-state index in [2.05, 4.69) is 6.58 Å². The summed E-state index contributed by atoms with van der Waals surface area (Å²) >= 11 is 11.0. The van der Waals surface area contributed by atoms with Gasteiger partial charge in [-0.05, 0) is 23.3 Å². The van der Waals surface area contributed by atoms with Gasteiger partial charge in [0.1, 0.15) is 5.82 Å². The van der Waals surface area contributed by atoms with Gasteiger partial charge in [-0.2, -0.15) is 0 Å². The van der Waals surface area contributed by atoms with Gasteiger partial charge in [0.15, 0.2) is 0 Å². The molecule has 12 heavy (non-hydrogen) atoms. The van der Waals surface area contributed by atoms with Gasteiger partial charge in [0, 0.05) is 5.88 Å². The van der Waals surface area contributed by atoms with Crippen LogP contribution in [0, 0.1) is 5.82 Å². The summed E-state index contributed by atoms with van der Waals surface area (Å²) in [6.45, 7) is 3.67. The minimum Gasteiger partial charge on any atom is -0.205 e. The zero-order chi connectivity index (χ0) is 9.14. The monoisotopic (exact) mass is 204 g/mol. The van der Waals surface area contributed by atoms with Gasteiger partial charge < -0.3 is 0 Å². The first-order valence-electron chi connectivity index (χ1n) is 3.34. The van der Waals surface area contributed by atoms with Crippen LogP contribution in [0.15, 0.2) is 24.8 Å². The molecule has 0 unspecified atom stereocenters. The van der Waals surface area contributed by atoms with Gasteiger partial charge in [0.05, 0.1) is 5.02 Å². The maximum atomic E-state index is 12.9. The number of benzene rings is 1.